The number of aromatic nitrogens is 1. The molecule has 0 aliphatic carbocycles. The van der Waals surface area contributed by atoms with Gasteiger partial charge in [-0.05, 0) is 47.6 Å². The molecule has 0 atom stereocenters. The van der Waals surface area contributed by atoms with Crippen molar-refractivity contribution in [3.63, 3.8) is 0 Å². The fraction of sp³-hybridized carbons (Fsp3) is 0.471. The zero-order valence-corrected chi connectivity index (χ0v) is 15.1. The number of nitrogen functional groups attached to an aromatic ring is 1. The van der Waals surface area contributed by atoms with E-state index in [1.165, 1.54) is 12.3 Å². The van der Waals surface area contributed by atoms with Gasteiger partial charge in [0.25, 0.3) is 0 Å². The average Bonchev–Trinajstić information content (AvgIpc) is 2.44. The Balaban J connectivity index is 3.18. The molecule has 0 aliphatic rings. The molecule has 0 aliphatic heterocycles. The van der Waals surface area contributed by atoms with Crippen molar-refractivity contribution >= 4 is 29.6 Å². The second kappa shape index (κ2) is 7.00. The largest absolute Gasteiger partial charge is 0.398 e. The fourth-order valence-electron chi connectivity index (χ4n) is 1.42. The number of nitrogens with two attached hydrogens (primary N) is 1. The zero-order valence-electron chi connectivity index (χ0n) is 15.1. The Hall–Kier alpha value is -2.77. The highest BCUT2D eigenvalue weighted by Gasteiger charge is 2.32. The van der Waals surface area contributed by atoms with E-state index in [9.17, 15) is 19.2 Å². The predicted molar refractivity (Wildman–Crippen MR) is 88.4 cm³/mol. The lowest BCUT2D eigenvalue weighted by Crippen LogP contribution is -2.29. The fourth-order valence-corrected chi connectivity index (χ4v) is 1.42. The lowest BCUT2D eigenvalue weighted by molar-refractivity contribution is -0.148. The van der Waals surface area contributed by atoms with Gasteiger partial charge in [0.2, 0.25) is 0 Å². The normalized spacial score (nSPS) is 11.6. The summed E-state index contributed by atoms with van der Waals surface area (Å²) in [5, 5.41) is 0. The van der Waals surface area contributed by atoms with Gasteiger partial charge >= 0.3 is 23.9 Å². The molecule has 2 N–H and O–H groups in total. The molecular weight excluding hydrogens is 328 g/mol. The van der Waals surface area contributed by atoms with Crippen molar-refractivity contribution in [2.24, 2.45) is 10.8 Å². The summed E-state index contributed by atoms with van der Waals surface area (Å²) < 4.78 is 9.48. The number of ether oxygens (including phenoxy) is 2. The van der Waals surface area contributed by atoms with Crippen LogP contribution in [0.1, 0.15) is 62.4 Å². The van der Waals surface area contributed by atoms with Crippen LogP contribution in [0, 0.1) is 10.8 Å². The maximum Gasteiger partial charge on any atom is 0.365 e. The highest BCUT2D eigenvalue weighted by Crippen LogP contribution is 2.22. The molecule has 0 radical (unpaired) electrons. The van der Waals surface area contributed by atoms with Crippen LogP contribution >= 0.6 is 0 Å². The van der Waals surface area contributed by atoms with Crippen LogP contribution < -0.4 is 5.73 Å². The van der Waals surface area contributed by atoms with Gasteiger partial charge in [-0.3, -0.25) is 9.59 Å². The second-order valence-corrected chi connectivity index (χ2v) is 7.48. The average molecular weight is 350 g/mol. The third-order valence-corrected chi connectivity index (χ3v) is 2.98. The van der Waals surface area contributed by atoms with Crippen LogP contribution in [0.4, 0.5) is 5.69 Å². The minimum atomic E-state index is -1.15. The van der Waals surface area contributed by atoms with Crippen LogP contribution in [-0.4, -0.2) is 28.9 Å². The van der Waals surface area contributed by atoms with Crippen LogP contribution in [0.25, 0.3) is 0 Å². The van der Waals surface area contributed by atoms with Crippen molar-refractivity contribution in [2.45, 2.75) is 41.5 Å². The summed E-state index contributed by atoms with van der Waals surface area (Å²) in [4.78, 5) is 52.0. The van der Waals surface area contributed by atoms with Gasteiger partial charge in [-0.2, -0.15) is 0 Å². The molecule has 0 aromatic carbocycles. The SMILES string of the molecule is CC(C)(C)C(=O)OC(=O)c1nccc(N)c1C(=O)OC(=O)C(C)(C)C. The number of anilines is 1. The zero-order chi connectivity index (χ0) is 19.6. The maximum absolute atomic E-state index is 12.3. The Morgan fingerprint density at radius 2 is 1.32 bits per heavy atom. The van der Waals surface area contributed by atoms with Gasteiger partial charge in [0, 0.05) is 6.20 Å². The third-order valence-electron chi connectivity index (χ3n) is 2.98. The van der Waals surface area contributed by atoms with E-state index in [2.05, 4.69) is 4.98 Å². The number of hydrogen-bond acceptors (Lipinski definition) is 8. The van der Waals surface area contributed by atoms with Gasteiger partial charge in [-0.1, -0.05) is 0 Å². The first-order chi connectivity index (χ1) is 11.2. The number of carbonyl (C=O) groups is 4. The van der Waals surface area contributed by atoms with Gasteiger partial charge in [0.1, 0.15) is 5.56 Å². The molecule has 0 fully saturated rings. The van der Waals surface area contributed by atoms with Crippen molar-refractivity contribution in [3.05, 3.63) is 23.5 Å². The van der Waals surface area contributed by atoms with Crippen LogP contribution in [0.5, 0.6) is 0 Å². The van der Waals surface area contributed by atoms with E-state index in [0.29, 0.717) is 0 Å². The number of esters is 4. The van der Waals surface area contributed by atoms with E-state index in [1.807, 2.05) is 0 Å². The molecule has 0 spiro atoms. The van der Waals surface area contributed by atoms with E-state index in [1.54, 1.807) is 41.5 Å². The van der Waals surface area contributed by atoms with Crippen LogP contribution in [0.3, 0.4) is 0 Å². The van der Waals surface area contributed by atoms with Gasteiger partial charge in [-0.25, -0.2) is 14.6 Å². The first kappa shape index (κ1) is 20.3. The summed E-state index contributed by atoms with van der Waals surface area (Å²) in [5.41, 5.74) is 2.80. The summed E-state index contributed by atoms with van der Waals surface area (Å²) in [5.74, 6) is -3.89. The lowest BCUT2D eigenvalue weighted by Gasteiger charge is -2.17. The molecule has 25 heavy (non-hydrogen) atoms. The number of carbonyl (C=O) groups excluding carboxylic acids is 4. The second-order valence-electron chi connectivity index (χ2n) is 7.48. The number of hydrogen-bond donors (Lipinski definition) is 1. The Morgan fingerprint density at radius 3 is 1.76 bits per heavy atom. The van der Waals surface area contributed by atoms with Crippen molar-refractivity contribution in [1.29, 1.82) is 0 Å². The summed E-state index contributed by atoms with van der Waals surface area (Å²) in [6, 6.07) is 1.26. The van der Waals surface area contributed by atoms with E-state index >= 15 is 0 Å². The smallest absolute Gasteiger partial charge is 0.365 e. The Labute approximate surface area is 145 Å². The molecule has 1 aromatic heterocycles. The Morgan fingerprint density at radius 1 is 0.880 bits per heavy atom. The van der Waals surface area contributed by atoms with Crippen molar-refractivity contribution in [3.8, 4) is 0 Å². The topological polar surface area (TPSA) is 126 Å². The molecule has 0 bridgehead atoms. The highest BCUT2D eigenvalue weighted by molar-refractivity contribution is 6.10. The van der Waals surface area contributed by atoms with Gasteiger partial charge in [0.05, 0.1) is 16.5 Å². The molecule has 1 rings (SSSR count). The summed E-state index contributed by atoms with van der Waals surface area (Å²) in [7, 11) is 0. The molecule has 0 saturated carbocycles. The number of pyridine rings is 1. The van der Waals surface area contributed by atoms with Crippen molar-refractivity contribution in [1.82, 2.24) is 4.98 Å². The summed E-state index contributed by atoms with van der Waals surface area (Å²) >= 11 is 0. The van der Waals surface area contributed by atoms with E-state index < -0.39 is 46.0 Å². The van der Waals surface area contributed by atoms with E-state index in [0.717, 1.165) is 0 Å². The van der Waals surface area contributed by atoms with Crippen molar-refractivity contribution in [2.75, 3.05) is 5.73 Å². The third kappa shape index (κ3) is 5.10. The van der Waals surface area contributed by atoms with Gasteiger partial charge in [-0.15, -0.1) is 0 Å². The molecule has 1 heterocycles. The Kier molecular flexibility index (Phi) is 5.68. The molecule has 8 heteroatoms. The minimum absolute atomic E-state index is 0.128. The van der Waals surface area contributed by atoms with E-state index in [4.69, 9.17) is 15.2 Å². The van der Waals surface area contributed by atoms with Crippen LogP contribution in [0.15, 0.2) is 12.3 Å². The van der Waals surface area contributed by atoms with Gasteiger partial charge in [0.15, 0.2) is 5.69 Å². The number of rotatable bonds is 2. The van der Waals surface area contributed by atoms with Gasteiger partial charge < -0.3 is 15.2 Å². The molecule has 136 valence electrons. The quantitative estimate of drug-likeness (QED) is 0.635. The minimum Gasteiger partial charge on any atom is -0.398 e. The molecule has 8 nitrogen and oxygen atoms in total. The molecular formula is C17H22N2O6. The number of nitrogens with zero attached hydrogens (tertiary/aromatic N) is 1. The monoisotopic (exact) mass is 350 g/mol. The van der Waals surface area contributed by atoms with Crippen LogP contribution in [-0.2, 0) is 19.1 Å². The first-order valence-electron chi connectivity index (χ1n) is 7.53. The maximum atomic E-state index is 12.3. The molecule has 0 unspecified atom stereocenters. The standard InChI is InChI=1S/C17H22N2O6/c1-16(2,3)14(22)24-12(20)10-9(18)7-8-19-11(10)13(21)25-15(23)17(4,5)6/h7-8H,1-6H3,(H2,18,19). The first-order valence-corrected chi connectivity index (χ1v) is 7.53. The molecule has 0 saturated heterocycles. The predicted octanol–water partition coefficient (Wildman–Crippen LogP) is 2.12. The molecule has 1 aromatic rings. The van der Waals surface area contributed by atoms with Crippen LogP contribution in [0.2, 0.25) is 0 Å². The Bertz CT molecular complexity index is 726. The summed E-state index contributed by atoms with van der Waals surface area (Å²) in [6.45, 7) is 9.37. The highest BCUT2D eigenvalue weighted by atomic mass is 16.6. The lowest BCUT2D eigenvalue weighted by atomic mass is 9.97. The summed E-state index contributed by atoms with van der Waals surface area (Å²) in [6.07, 6.45) is 1.18. The van der Waals surface area contributed by atoms with E-state index in [-0.39, 0.29) is 5.69 Å². The van der Waals surface area contributed by atoms with Crippen molar-refractivity contribution < 1.29 is 28.7 Å². The molecule has 0 amide bonds.